The third-order valence-electron chi connectivity index (χ3n) is 3.95. The summed E-state index contributed by atoms with van der Waals surface area (Å²) in [5.41, 5.74) is 1.23. The van der Waals surface area contributed by atoms with Crippen LogP contribution in [0.4, 0.5) is 0 Å². The van der Waals surface area contributed by atoms with Gasteiger partial charge in [-0.25, -0.2) is 0 Å². The van der Waals surface area contributed by atoms with Gasteiger partial charge in [-0.2, -0.15) is 0 Å². The van der Waals surface area contributed by atoms with Crippen LogP contribution in [-0.4, -0.2) is 25.1 Å². The van der Waals surface area contributed by atoms with E-state index in [-0.39, 0.29) is 31.1 Å². The van der Waals surface area contributed by atoms with Crippen molar-refractivity contribution in [1.82, 2.24) is 5.32 Å². The minimum Gasteiger partial charge on any atom is -0.483 e. The van der Waals surface area contributed by atoms with Gasteiger partial charge in [-0.05, 0) is 49.7 Å². The summed E-state index contributed by atoms with van der Waals surface area (Å²) < 4.78 is 16.1. The van der Waals surface area contributed by atoms with Gasteiger partial charge in [-0.3, -0.25) is 9.59 Å². The third kappa shape index (κ3) is 4.08. The molecule has 136 valence electrons. The Morgan fingerprint density at radius 1 is 1.19 bits per heavy atom. The van der Waals surface area contributed by atoms with E-state index in [1.807, 2.05) is 25.1 Å². The van der Waals surface area contributed by atoms with Crippen LogP contribution in [0, 0.1) is 0 Å². The maximum absolute atomic E-state index is 12.2. The first-order valence-corrected chi connectivity index (χ1v) is 8.44. The van der Waals surface area contributed by atoms with Crippen molar-refractivity contribution in [3.63, 3.8) is 0 Å². The summed E-state index contributed by atoms with van der Waals surface area (Å²) in [4.78, 5) is 23.8. The van der Waals surface area contributed by atoms with E-state index in [9.17, 15) is 9.59 Å². The molecule has 7 heteroatoms. The number of rotatable bonds is 6. The standard InChI is InChI=1S/C19H18ClNO5/c1-11(13-3-5-17-18(7-13)26-10-25-17)21-19(23)9-24-16-6-4-14(20)8-15(16)12(2)22/h3-8,11H,9-10H2,1-2H3,(H,21,23). The molecule has 1 aliphatic heterocycles. The van der Waals surface area contributed by atoms with Crippen molar-refractivity contribution >= 4 is 23.3 Å². The number of carbonyl (C=O) groups is 2. The van der Waals surface area contributed by atoms with E-state index >= 15 is 0 Å². The third-order valence-corrected chi connectivity index (χ3v) is 4.19. The molecule has 0 bridgehead atoms. The molecule has 1 unspecified atom stereocenters. The van der Waals surface area contributed by atoms with Gasteiger partial charge in [-0.15, -0.1) is 0 Å². The summed E-state index contributed by atoms with van der Waals surface area (Å²) >= 11 is 5.89. The molecule has 1 amide bonds. The molecule has 0 saturated carbocycles. The number of fused-ring (bicyclic) bond motifs is 1. The van der Waals surface area contributed by atoms with Crippen LogP contribution >= 0.6 is 11.6 Å². The summed E-state index contributed by atoms with van der Waals surface area (Å²) in [6.07, 6.45) is 0. The van der Waals surface area contributed by atoms with E-state index in [1.165, 1.54) is 13.0 Å². The Kier molecular flexibility index (Phi) is 5.32. The van der Waals surface area contributed by atoms with Crippen molar-refractivity contribution in [2.75, 3.05) is 13.4 Å². The summed E-state index contributed by atoms with van der Waals surface area (Å²) in [7, 11) is 0. The van der Waals surface area contributed by atoms with Crippen molar-refractivity contribution in [3.05, 3.63) is 52.5 Å². The number of Topliss-reactive ketones (excluding diaryl/α,β-unsaturated/α-hetero) is 1. The molecule has 1 N–H and O–H groups in total. The van der Waals surface area contributed by atoms with Crippen molar-refractivity contribution < 1.29 is 23.8 Å². The first kappa shape index (κ1) is 18.1. The van der Waals surface area contributed by atoms with E-state index in [0.717, 1.165) is 5.56 Å². The predicted octanol–water partition coefficient (Wildman–Crippen LogP) is 3.53. The van der Waals surface area contributed by atoms with Gasteiger partial charge in [0.15, 0.2) is 23.9 Å². The maximum atomic E-state index is 12.2. The Labute approximate surface area is 156 Å². The van der Waals surface area contributed by atoms with Crippen molar-refractivity contribution in [2.24, 2.45) is 0 Å². The topological polar surface area (TPSA) is 73.9 Å². The highest BCUT2D eigenvalue weighted by molar-refractivity contribution is 6.31. The number of nitrogens with one attached hydrogen (secondary N) is 1. The molecule has 0 fully saturated rings. The van der Waals surface area contributed by atoms with Gasteiger partial charge in [-0.1, -0.05) is 17.7 Å². The normalized spacial score (nSPS) is 13.2. The van der Waals surface area contributed by atoms with Crippen LogP contribution in [0.3, 0.4) is 0 Å². The Morgan fingerprint density at radius 2 is 1.96 bits per heavy atom. The SMILES string of the molecule is CC(=O)c1cc(Cl)ccc1OCC(=O)NC(C)c1ccc2c(c1)OCO2. The zero-order valence-electron chi connectivity index (χ0n) is 14.4. The van der Waals surface area contributed by atoms with E-state index in [2.05, 4.69) is 5.32 Å². The maximum Gasteiger partial charge on any atom is 0.258 e. The monoisotopic (exact) mass is 375 g/mol. The van der Waals surface area contributed by atoms with Crippen LogP contribution < -0.4 is 19.5 Å². The molecule has 26 heavy (non-hydrogen) atoms. The summed E-state index contributed by atoms with van der Waals surface area (Å²) in [5, 5.41) is 3.28. The van der Waals surface area contributed by atoms with Crippen LogP contribution in [0.15, 0.2) is 36.4 Å². The molecule has 1 aliphatic rings. The lowest BCUT2D eigenvalue weighted by Crippen LogP contribution is -2.31. The molecule has 0 saturated heterocycles. The number of carbonyl (C=O) groups excluding carboxylic acids is 2. The number of ketones is 1. The molecular weight excluding hydrogens is 358 g/mol. The number of hydrogen-bond donors (Lipinski definition) is 1. The molecule has 2 aromatic carbocycles. The fraction of sp³-hybridized carbons (Fsp3) is 0.263. The predicted molar refractivity (Wildman–Crippen MR) is 96.1 cm³/mol. The van der Waals surface area contributed by atoms with E-state index in [1.54, 1.807) is 12.1 Å². The van der Waals surface area contributed by atoms with Gasteiger partial charge >= 0.3 is 0 Å². The smallest absolute Gasteiger partial charge is 0.258 e. The quantitative estimate of drug-likeness (QED) is 0.782. The highest BCUT2D eigenvalue weighted by Gasteiger charge is 2.17. The zero-order valence-corrected chi connectivity index (χ0v) is 15.1. The second-order valence-corrected chi connectivity index (χ2v) is 6.32. The molecule has 0 aromatic heterocycles. The molecule has 1 atom stereocenters. The average molecular weight is 376 g/mol. The first-order chi connectivity index (χ1) is 12.4. The minimum absolute atomic E-state index is 0.184. The fourth-order valence-corrected chi connectivity index (χ4v) is 2.77. The van der Waals surface area contributed by atoms with Crippen molar-refractivity contribution in [3.8, 4) is 17.2 Å². The van der Waals surface area contributed by atoms with Gasteiger partial charge in [0.05, 0.1) is 11.6 Å². The van der Waals surface area contributed by atoms with Crippen LogP contribution in [0.5, 0.6) is 17.2 Å². The average Bonchev–Trinajstić information content (AvgIpc) is 3.08. The number of hydrogen-bond acceptors (Lipinski definition) is 5. The Hall–Kier alpha value is -2.73. The first-order valence-electron chi connectivity index (χ1n) is 8.06. The molecule has 0 aliphatic carbocycles. The molecule has 1 heterocycles. The molecule has 0 radical (unpaired) electrons. The lowest BCUT2D eigenvalue weighted by atomic mass is 10.1. The molecule has 6 nitrogen and oxygen atoms in total. The Bertz CT molecular complexity index is 852. The molecule has 2 aromatic rings. The number of benzene rings is 2. The van der Waals surface area contributed by atoms with Gasteiger partial charge < -0.3 is 19.5 Å². The van der Waals surface area contributed by atoms with E-state index in [4.69, 9.17) is 25.8 Å². The highest BCUT2D eigenvalue weighted by Crippen LogP contribution is 2.34. The Morgan fingerprint density at radius 3 is 2.73 bits per heavy atom. The van der Waals surface area contributed by atoms with Gasteiger partial charge in [0.1, 0.15) is 5.75 Å². The van der Waals surface area contributed by atoms with Crippen molar-refractivity contribution in [1.29, 1.82) is 0 Å². The Balaban J connectivity index is 1.60. The zero-order chi connectivity index (χ0) is 18.7. The summed E-state index contributed by atoms with van der Waals surface area (Å²) in [6, 6.07) is 9.98. The van der Waals surface area contributed by atoms with Crippen LogP contribution in [0.2, 0.25) is 5.02 Å². The van der Waals surface area contributed by atoms with Crippen LogP contribution in [0.25, 0.3) is 0 Å². The fourth-order valence-electron chi connectivity index (χ4n) is 2.60. The highest BCUT2D eigenvalue weighted by atomic mass is 35.5. The second-order valence-electron chi connectivity index (χ2n) is 5.89. The molecule has 0 spiro atoms. The lowest BCUT2D eigenvalue weighted by Gasteiger charge is -2.16. The number of ether oxygens (including phenoxy) is 3. The van der Waals surface area contributed by atoms with E-state index in [0.29, 0.717) is 27.8 Å². The molecule has 3 rings (SSSR count). The number of amides is 1. The minimum atomic E-state index is -0.306. The van der Waals surface area contributed by atoms with Gasteiger partial charge in [0.25, 0.3) is 5.91 Å². The van der Waals surface area contributed by atoms with E-state index < -0.39 is 0 Å². The van der Waals surface area contributed by atoms with Crippen molar-refractivity contribution in [2.45, 2.75) is 19.9 Å². The van der Waals surface area contributed by atoms with Crippen LogP contribution in [-0.2, 0) is 4.79 Å². The largest absolute Gasteiger partial charge is 0.483 e. The number of halogens is 1. The molecular formula is C19H18ClNO5. The summed E-state index contributed by atoms with van der Waals surface area (Å²) in [6.45, 7) is 3.27. The lowest BCUT2D eigenvalue weighted by molar-refractivity contribution is -0.123. The summed E-state index contributed by atoms with van der Waals surface area (Å²) in [5.74, 6) is 1.19. The van der Waals surface area contributed by atoms with Gasteiger partial charge in [0.2, 0.25) is 6.79 Å². The van der Waals surface area contributed by atoms with Gasteiger partial charge in [0, 0.05) is 5.02 Å². The van der Waals surface area contributed by atoms with Crippen LogP contribution in [0.1, 0.15) is 35.8 Å². The second kappa shape index (κ2) is 7.66.